The average molecular weight is 368 g/mol. The molecule has 144 valence electrons. The van der Waals surface area contributed by atoms with Crippen molar-refractivity contribution in [2.45, 2.75) is 6.42 Å². The summed E-state index contributed by atoms with van der Waals surface area (Å²) in [4.78, 5) is 14.9. The SMILES string of the molecule is COc1ccc(OC)c(C=CC(=O)c2ccccc2NCCCN(C)C)c1. The molecular formula is C22H28N2O3. The summed E-state index contributed by atoms with van der Waals surface area (Å²) in [5, 5.41) is 3.36. The molecule has 0 aliphatic carbocycles. The molecule has 0 heterocycles. The summed E-state index contributed by atoms with van der Waals surface area (Å²) in [5.41, 5.74) is 2.30. The quantitative estimate of drug-likeness (QED) is 0.391. The Kier molecular flexibility index (Phi) is 7.89. The first-order valence-electron chi connectivity index (χ1n) is 8.97. The second kappa shape index (κ2) is 10.4. The number of methoxy groups -OCH3 is 2. The molecule has 0 saturated carbocycles. The van der Waals surface area contributed by atoms with Crippen molar-refractivity contribution >= 4 is 17.5 Å². The van der Waals surface area contributed by atoms with E-state index in [0.29, 0.717) is 17.1 Å². The first-order chi connectivity index (χ1) is 13.0. The lowest BCUT2D eigenvalue weighted by atomic mass is 10.1. The topological polar surface area (TPSA) is 50.8 Å². The van der Waals surface area contributed by atoms with Crippen LogP contribution in [0.1, 0.15) is 22.3 Å². The lowest BCUT2D eigenvalue weighted by Crippen LogP contribution is -2.17. The van der Waals surface area contributed by atoms with E-state index in [1.165, 1.54) is 0 Å². The van der Waals surface area contributed by atoms with Gasteiger partial charge in [0.2, 0.25) is 0 Å². The monoisotopic (exact) mass is 368 g/mol. The molecule has 0 atom stereocenters. The van der Waals surface area contributed by atoms with Gasteiger partial charge in [-0.25, -0.2) is 0 Å². The van der Waals surface area contributed by atoms with Gasteiger partial charge in [0, 0.05) is 23.4 Å². The maximum Gasteiger partial charge on any atom is 0.187 e. The summed E-state index contributed by atoms with van der Waals surface area (Å²) in [7, 11) is 7.32. The minimum absolute atomic E-state index is 0.0596. The van der Waals surface area contributed by atoms with Crippen molar-refractivity contribution in [3.63, 3.8) is 0 Å². The van der Waals surface area contributed by atoms with Crippen LogP contribution in [0.5, 0.6) is 11.5 Å². The standard InChI is InChI=1S/C22H28N2O3/c1-24(2)15-7-14-23-20-9-6-5-8-19(20)21(25)12-10-17-16-18(26-3)11-13-22(17)27-4/h5-6,8-13,16,23H,7,14-15H2,1-4H3. The highest BCUT2D eigenvalue weighted by atomic mass is 16.5. The third-order valence-corrected chi connectivity index (χ3v) is 4.14. The van der Waals surface area contributed by atoms with Crippen LogP contribution in [0.15, 0.2) is 48.5 Å². The van der Waals surface area contributed by atoms with Crippen LogP contribution in [0, 0.1) is 0 Å². The molecule has 2 rings (SSSR count). The Labute approximate surface area is 161 Å². The van der Waals surface area contributed by atoms with E-state index in [9.17, 15) is 4.79 Å². The fourth-order valence-electron chi connectivity index (χ4n) is 2.70. The molecule has 1 N–H and O–H groups in total. The van der Waals surface area contributed by atoms with Gasteiger partial charge >= 0.3 is 0 Å². The van der Waals surface area contributed by atoms with Crippen LogP contribution in [0.4, 0.5) is 5.69 Å². The largest absolute Gasteiger partial charge is 0.497 e. The predicted octanol–water partition coefficient (Wildman–Crippen LogP) is 3.96. The molecule has 2 aromatic rings. The molecule has 5 heteroatoms. The van der Waals surface area contributed by atoms with Gasteiger partial charge in [0.25, 0.3) is 0 Å². The van der Waals surface area contributed by atoms with E-state index in [4.69, 9.17) is 9.47 Å². The normalized spacial score (nSPS) is 11.0. The molecule has 0 aromatic heterocycles. The Hall–Kier alpha value is -2.79. The molecule has 0 spiro atoms. The van der Waals surface area contributed by atoms with Gasteiger partial charge in [-0.3, -0.25) is 4.79 Å². The second-order valence-corrected chi connectivity index (χ2v) is 6.43. The van der Waals surface area contributed by atoms with E-state index in [-0.39, 0.29) is 5.78 Å². The van der Waals surface area contributed by atoms with Gasteiger partial charge in [-0.2, -0.15) is 0 Å². The van der Waals surface area contributed by atoms with Gasteiger partial charge in [0.1, 0.15) is 11.5 Å². The number of anilines is 1. The van der Waals surface area contributed by atoms with Crippen LogP contribution in [-0.4, -0.2) is 52.1 Å². The van der Waals surface area contributed by atoms with Crippen molar-refractivity contribution in [2.75, 3.05) is 46.7 Å². The van der Waals surface area contributed by atoms with E-state index in [1.807, 2.05) is 42.5 Å². The van der Waals surface area contributed by atoms with Crippen molar-refractivity contribution in [3.05, 3.63) is 59.7 Å². The zero-order valence-electron chi connectivity index (χ0n) is 16.5. The summed E-state index contributed by atoms with van der Waals surface area (Å²) in [6.07, 6.45) is 4.33. The van der Waals surface area contributed by atoms with Crippen LogP contribution in [-0.2, 0) is 0 Å². The number of allylic oxidation sites excluding steroid dienone is 1. The number of nitrogens with one attached hydrogen (secondary N) is 1. The van der Waals surface area contributed by atoms with Gasteiger partial charge in [-0.1, -0.05) is 12.1 Å². The van der Waals surface area contributed by atoms with Crippen molar-refractivity contribution in [2.24, 2.45) is 0 Å². The number of hydrogen-bond donors (Lipinski definition) is 1. The fraction of sp³-hybridized carbons (Fsp3) is 0.318. The number of rotatable bonds is 10. The van der Waals surface area contributed by atoms with Gasteiger partial charge in [0.05, 0.1) is 14.2 Å². The number of nitrogens with zero attached hydrogens (tertiary/aromatic N) is 1. The minimum Gasteiger partial charge on any atom is -0.497 e. The Morgan fingerprint density at radius 2 is 1.89 bits per heavy atom. The number of ketones is 1. The molecule has 0 fully saturated rings. The van der Waals surface area contributed by atoms with Crippen LogP contribution < -0.4 is 14.8 Å². The van der Waals surface area contributed by atoms with Crippen molar-refractivity contribution in [3.8, 4) is 11.5 Å². The van der Waals surface area contributed by atoms with Gasteiger partial charge in [-0.15, -0.1) is 0 Å². The predicted molar refractivity (Wildman–Crippen MR) is 111 cm³/mol. The number of benzene rings is 2. The first kappa shape index (κ1) is 20.5. The summed E-state index contributed by atoms with van der Waals surface area (Å²) in [6, 6.07) is 13.1. The smallest absolute Gasteiger partial charge is 0.187 e. The van der Waals surface area contributed by atoms with E-state index in [1.54, 1.807) is 26.4 Å². The Bertz CT molecular complexity index is 785. The highest BCUT2D eigenvalue weighted by Gasteiger charge is 2.09. The number of para-hydroxylation sites is 1. The fourth-order valence-corrected chi connectivity index (χ4v) is 2.70. The molecule has 0 aliphatic rings. The van der Waals surface area contributed by atoms with Gasteiger partial charge in [-0.05, 0) is 69.5 Å². The third-order valence-electron chi connectivity index (χ3n) is 4.14. The molecular weight excluding hydrogens is 340 g/mol. The summed E-state index contributed by atoms with van der Waals surface area (Å²) in [5.74, 6) is 1.34. The van der Waals surface area contributed by atoms with Crippen molar-refractivity contribution in [1.29, 1.82) is 0 Å². The Balaban J connectivity index is 2.13. The first-order valence-corrected chi connectivity index (χ1v) is 8.97. The summed E-state index contributed by atoms with van der Waals surface area (Å²) >= 11 is 0. The molecule has 0 saturated heterocycles. The van der Waals surface area contributed by atoms with E-state index >= 15 is 0 Å². The Morgan fingerprint density at radius 1 is 1.11 bits per heavy atom. The molecule has 0 aliphatic heterocycles. The molecule has 2 aromatic carbocycles. The van der Waals surface area contributed by atoms with Crippen molar-refractivity contribution < 1.29 is 14.3 Å². The van der Waals surface area contributed by atoms with Crippen LogP contribution >= 0.6 is 0 Å². The number of carbonyl (C=O) groups is 1. The van der Waals surface area contributed by atoms with E-state index in [0.717, 1.165) is 30.8 Å². The van der Waals surface area contributed by atoms with E-state index in [2.05, 4.69) is 24.3 Å². The molecule has 27 heavy (non-hydrogen) atoms. The maximum absolute atomic E-state index is 12.7. The Morgan fingerprint density at radius 3 is 2.59 bits per heavy atom. The average Bonchev–Trinajstić information content (AvgIpc) is 2.69. The molecule has 0 amide bonds. The van der Waals surface area contributed by atoms with Crippen LogP contribution in [0.25, 0.3) is 6.08 Å². The number of ether oxygens (including phenoxy) is 2. The summed E-state index contributed by atoms with van der Waals surface area (Å²) in [6.45, 7) is 1.81. The molecule has 5 nitrogen and oxygen atoms in total. The lowest BCUT2D eigenvalue weighted by Gasteiger charge is -2.12. The zero-order chi connectivity index (χ0) is 19.6. The minimum atomic E-state index is -0.0596. The second-order valence-electron chi connectivity index (χ2n) is 6.43. The number of carbonyl (C=O) groups excluding carboxylic acids is 1. The third kappa shape index (κ3) is 6.15. The maximum atomic E-state index is 12.7. The van der Waals surface area contributed by atoms with Crippen LogP contribution in [0.3, 0.4) is 0 Å². The van der Waals surface area contributed by atoms with Crippen LogP contribution in [0.2, 0.25) is 0 Å². The highest BCUT2D eigenvalue weighted by molar-refractivity contribution is 6.10. The number of hydrogen-bond acceptors (Lipinski definition) is 5. The molecule has 0 unspecified atom stereocenters. The lowest BCUT2D eigenvalue weighted by molar-refractivity contribution is 0.104. The van der Waals surface area contributed by atoms with Gasteiger partial charge in [0.15, 0.2) is 5.78 Å². The molecule has 0 bridgehead atoms. The van der Waals surface area contributed by atoms with Crippen molar-refractivity contribution in [1.82, 2.24) is 4.90 Å². The highest BCUT2D eigenvalue weighted by Crippen LogP contribution is 2.25. The van der Waals surface area contributed by atoms with Gasteiger partial charge < -0.3 is 19.7 Å². The van der Waals surface area contributed by atoms with E-state index < -0.39 is 0 Å². The zero-order valence-corrected chi connectivity index (χ0v) is 16.5. The summed E-state index contributed by atoms with van der Waals surface area (Å²) < 4.78 is 10.6. The molecule has 0 radical (unpaired) electrons.